The van der Waals surface area contributed by atoms with E-state index in [0.29, 0.717) is 18.4 Å². The maximum absolute atomic E-state index is 11.7. The second-order valence-corrected chi connectivity index (χ2v) is 6.76. The number of aromatic hydroxyl groups is 1. The first-order chi connectivity index (χ1) is 10.5. The van der Waals surface area contributed by atoms with Crippen LogP contribution in [-0.2, 0) is 14.9 Å². The maximum atomic E-state index is 11.7. The highest BCUT2D eigenvalue weighted by Gasteiger charge is 2.53. The number of nitrogens with one attached hydrogen (secondary N) is 1. The summed E-state index contributed by atoms with van der Waals surface area (Å²) in [6.07, 6.45) is -1.17. The molecule has 1 aromatic carbocycles. The van der Waals surface area contributed by atoms with Crippen LogP contribution in [0.25, 0.3) is 0 Å². The van der Waals surface area contributed by atoms with E-state index in [9.17, 15) is 19.8 Å². The van der Waals surface area contributed by atoms with Gasteiger partial charge in [-0.1, -0.05) is 6.07 Å². The van der Waals surface area contributed by atoms with Crippen LogP contribution < -0.4 is 5.32 Å². The van der Waals surface area contributed by atoms with E-state index in [-0.39, 0.29) is 11.4 Å². The molecule has 23 heavy (non-hydrogen) atoms. The summed E-state index contributed by atoms with van der Waals surface area (Å²) in [5, 5.41) is 31.3. The predicted molar refractivity (Wildman–Crippen MR) is 82.5 cm³/mol. The summed E-state index contributed by atoms with van der Waals surface area (Å²) in [5.41, 5.74) is -0.847. The van der Waals surface area contributed by atoms with Gasteiger partial charge in [-0.15, -0.1) is 0 Å². The zero-order chi connectivity index (χ0) is 17.4. The molecule has 2 rings (SSSR count). The van der Waals surface area contributed by atoms with Gasteiger partial charge in [0.1, 0.15) is 11.4 Å². The second kappa shape index (κ2) is 5.73. The number of carboxylic acids is 1. The van der Waals surface area contributed by atoms with Crippen LogP contribution in [0.2, 0.25) is 0 Å². The number of ether oxygens (including phenoxy) is 1. The molecule has 1 aromatic rings. The Balaban J connectivity index is 2.16. The summed E-state index contributed by atoms with van der Waals surface area (Å²) in [7, 11) is 0. The number of hydrogen-bond donors (Lipinski definition) is 4. The fourth-order valence-corrected chi connectivity index (χ4v) is 2.45. The molecule has 7 heteroatoms. The lowest BCUT2D eigenvalue weighted by molar-refractivity contribution is -0.148. The van der Waals surface area contributed by atoms with Gasteiger partial charge in [-0.25, -0.2) is 9.59 Å². The number of carbonyl (C=O) groups excluding carboxylic acids is 1. The van der Waals surface area contributed by atoms with Crippen LogP contribution >= 0.6 is 0 Å². The number of carboxylic acid groups (broad SMARTS) is 1. The van der Waals surface area contributed by atoms with Crippen LogP contribution in [-0.4, -0.2) is 39.1 Å². The number of aliphatic hydroxyl groups is 1. The van der Waals surface area contributed by atoms with E-state index < -0.39 is 29.2 Å². The van der Waals surface area contributed by atoms with Crippen molar-refractivity contribution < 1.29 is 29.6 Å². The minimum Gasteiger partial charge on any atom is -0.506 e. The van der Waals surface area contributed by atoms with E-state index in [1.807, 2.05) is 0 Å². The Labute approximate surface area is 133 Å². The molecular weight excluding hydrogens is 302 g/mol. The van der Waals surface area contributed by atoms with Crippen LogP contribution in [0.15, 0.2) is 18.2 Å². The van der Waals surface area contributed by atoms with Gasteiger partial charge in [0.05, 0.1) is 5.69 Å². The molecular formula is C16H21NO6. The summed E-state index contributed by atoms with van der Waals surface area (Å²) in [6, 6.07) is 4.42. The first-order valence-electron chi connectivity index (χ1n) is 7.29. The third-order valence-electron chi connectivity index (χ3n) is 3.75. The molecule has 0 saturated heterocycles. The molecule has 0 heterocycles. The lowest BCUT2D eigenvalue weighted by atomic mass is 9.89. The minimum absolute atomic E-state index is 0.156. The van der Waals surface area contributed by atoms with Gasteiger partial charge >= 0.3 is 12.1 Å². The highest BCUT2D eigenvalue weighted by molar-refractivity contribution is 5.87. The smallest absolute Gasteiger partial charge is 0.412 e. The molecule has 1 atom stereocenters. The number of aliphatic hydroxyl groups excluding tert-OH is 1. The van der Waals surface area contributed by atoms with Gasteiger partial charge in [0.15, 0.2) is 6.10 Å². The van der Waals surface area contributed by atoms with Gasteiger partial charge in [-0.2, -0.15) is 0 Å². The molecule has 1 fully saturated rings. The van der Waals surface area contributed by atoms with Gasteiger partial charge in [-0.05, 0) is 51.3 Å². The number of phenols is 1. The molecule has 1 saturated carbocycles. The highest BCUT2D eigenvalue weighted by atomic mass is 16.6. The minimum atomic E-state index is -1.52. The quantitative estimate of drug-likeness (QED) is 0.631. The summed E-state index contributed by atoms with van der Waals surface area (Å²) >= 11 is 0. The van der Waals surface area contributed by atoms with Gasteiger partial charge in [-0.3, -0.25) is 5.32 Å². The van der Waals surface area contributed by atoms with Gasteiger partial charge in [0, 0.05) is 5.41 Å². The Bertz CT molecular complexity index is 630. The topological polar surface area (TPSA) is 116 Å². The highest BCUT2D eigenvalue weighted by Crippen LogP contribution is 2.52. The fourth-order valence-electron chi connectivity index (χ4n) is 2.45. The van der Waals surface area contributed by atoms with Crippen molar-refractivity contribution in [1.29, 1.82) is 0 Å². The Hall–Kier alpha value is -2.28. The lowest BCUT2D eigenvalue weighted by Gasteiger charge is -2.21. The first-order valence-corrected chi connectivity index (χ1v) is 7.29. The fraction of sp³-hybridized carbons (Fsp3) is 0.500. The number of amides is 1. The van der Waals surface area contributed by atoms with Crippen molar-refractivity contribution in [2.75, 3.05) is 5.32 Å². The number of hydrogen-bond acceptors (Lipinski definition) is 5. The summed E-state index contributed by atoms with van der Waals surface area (Å²) in [4.78, 5) is 22.7. The molecule has 1 aliphatic carbocycles. The standard InChI is InChI=1S/C16H21NO6/c1-15(2,3)23-14(22)17-10-5-4-9(8-11(10)18)16(6-7-16)12(19)13(20)21/h4-5,8,12,18-19H,6-7H2,1-3H3,(H,17,22)(H,20,21). The maximum Gasteiger partial charge on any atom is 0.412 e. The number of benzene rings is 1. The zero-order valence-corrected chi connectivity index (χ0v) is 13.3. The molecule has 0 aliphatic heterocycles. The van der Waals surface area contributed by atoms with Crippen molar-refractivity contribution in [3.05, 3.63) is 23.8 Å². The van der Waals surface area contributed by atoms with E-state index in [4.69, 9.17) is 9.84 Å². The van der Waals surface area contributed by atoms with E-state index in [1.54, 1.807) is 26.8 Å². The molecule has 1 amide bonds. The average Bonchev–Trinajstić information content (AvgIpc) is 3.19. The first kappa shape index (κ1) is 17.1. The van der Waals surface area contributed by atoms with Crippen molar-refractivity contribution in [2.24, 2.45) is 0 Å². The van der Waals surface area contributed by atoms with Gasteiger partial charge in [0.2, 0.25) is 0 Å². The summed E-state index contributed by atoms with van der Waals surface area (Å²) < 4.78 is 5.10. The lowest BCUT2D eigenvalue weighted by Crippen LogP contribution is -2.33. The van der Waals surface area contributed by atoms with Crippen LogP contribution in [0.3, 0.4) is 0 Å². The average molecular weight is 323 g/mol. The van der Waals surface area contributed by atoms with E-state index >= 15 is 0 Å². The molecule has 0 radical (unpaired) electrons. The number of anilines is 1. The van der Waals surface area contributed by atoms with Crippen molar-refractivity contribution in [3.8, 4) is 5.75 Å². The Morgan fingerprint density at radius 2 is 1.91 bits per heavy atom. The molecule has 7 nitrogen and oxygen atoms in total. The van der Waals surface area contributed by atoms with E-state index in [0.717, 1.165) is 0 Å². The SMILES string of the molecule is CC(C)(C)OC(=O)Nc1ccc(C2(C(O)C(=O)O)CC2)cc1O. The molecule has 4 N–H and O–H groups in total. The number of rotatable bonds is 4. The molecule has 0 bridgehead atoms. The Morgan fingerprint density at radius 3 is 2.35 bits per heavy atom. The molecule has 1 aliphatic rings. The van der Waals surface area contributed by atoms with Crippen molar-refractivity contribution in [2.45, 2.75) is 50.7 Å². The number of aliphatic carboxylic acids is 1. The predicted octanol–water partition coefficient (Wildman–Crippen LogP) is 2.22. The van der Waals surface area contributed by atoms with Crippen molar-refractivity contribution in [3.63, 3.8) is 0 Å². The van der Waals surface area contributed by atoms with Gasteiger partial charge in [0.25, 0.3) is 0 Å². The summed E-state index contributed by atoms with van der Waals surface area (Å²) in [6.45, 7) is 5.17. The van der Waals surface area contributed by atoms with Crippen molar-refractivity contribution in [1.82, 2.24) is 0 Å². The van der Waals surface area contributed by atoms with Gasteiger partial charge < -0.3 is 20.1 Å². The third-order valence-corrected chi connectivity index (χ3v) is 3.75. The van der Waals surface area contributed by atoms with Crippen LogP contribution in [0, 0.1) is 0 Å². The zero-order valence-electron chi connectivity index (χ0n) is 13.3. The molecule has 1 unspecified atom stereocenters. The Kier molecular flexibility index (Phi) is 4.26. The van der Waals surface area contributed by atoms with Crippen molar-refractivity contribution >= 4 is 17.7 Å². The van der Waals surface area contributed by atoms with E-state index in [2.05, 4.69) is 5.32 Å². The monoisotopic (exact) mass is 323 g/mol. The van der Waals surface area contributed by atoms with Crippen LogP contribution in [0.1, 0.15) is 39.2 Å². The number of phenolic OH excluding ortho intramolecular Hbond substituents is 1. The van der Waals surface area contributed by atoms with E-state index in [1.165, 1.54) is 12.1 Å². The normalized spacial score (nSPS) is 17.2. The number of carbonyl (C=O) groups is 2. The third kappa shape index (κ3) is 3.73. The molecule has 126 valence electrons. The largest absolute Gasteiger partial charge is 0.506 e. The van der Waals surface area contributed by atoms with Crippen LogP contribution in [0.5, 0.6) is 5.75 Å². The summed E-state index contributed by atoms with van der Waals surface area (Å²) in [5.74, 6) is -1.50. The second-order valence-electron chi connectivity index (χ2n) is 6.76. The molecule has 0 aromatic heterocycles. The van der Waals surface area contributed by atoms with Crippen LogP contribution in [0.4, 0.5) is 10.5 Å². The molecule has 0 spiro atoms. The Morgan fingerprint density at radius 1 is 1.30 bits per heavy atom.